The summed E-state index contributed by atoms with van der Waals surface area (Å²) in [5.41, 5.74) is 1.75. The summed E-state index contributed by atoms with van der Waals surface area (Å²) in [5.74, 6) is -0.0793. The van der Waals surface area contributed by atoms with Crippen LogP contribution in [-0.2, 0) is 13.0 Å². The number of aromatic nitrogens is 2. The van der Waals surface area contributed by atoms with E-state index in [4.69, 9.17) is 0 Å². The Bertz CT molecular complexity index is 1180. The lowest BCUT2D eigenvalue weighted by atomic mass is 10.0. The maximum Gasteiger partial charge on any atom is 0.263 e. The molecular formula is C20H15BrN2O2S2. The van der Waals surface area contributed by atoms with Crippen LogP contribution >= 0.6 is 38.6 Å². The number of fused-ring (bicyclic) bond motifs is 1. The van der Waals surface area contributed by atoms with E-state index in [2.05, 4.69) is 27.8 Å². The summed E-state index contributed by atoms with van der Waals surface area (Å²) in [6.45, 7) is 2.07. The highest BCUT2D eigenvalue weighted by atomic mass is 79.9. The standard InChI is InChI=1S/C20H15BrN2O2S2/c1-2-15-17(12-5-7-13(21)8-6-12)18-19(27-15)22-11-23(20(18)25)10-14(24)16-4-3-9-26-16/h3-9,11H,2,10H2,1H3. The monoisotopic (exact) mass is 458 g/mol. The number of aryl methyl sites for hydroxylation is 1. The van der Waals surface area contributed by atoms with Gasteiger partial charge in [0.25, 0.3) is 5.56 Å². The third-order valence-electron chi connectivity index (χ3n) is 4.32. The van der Waals surface area contributed by atoms with Gasteiger partial charge in [-0.15, -0.1) is 22.7 Å². The molecule has 27 heavy (non-hydrogen) atoms. The number of Topliss-reactive ketones (excluding diaryl/α,β-unsaturated/α-hetero) is 1. The number of hydrogen-bond donors (Lipinski definition) is 0. The highest BCUT2D eigenvalue weighted by Gasteiger charge is 2.19. The van der Waals surface area contributed by atoms with Crippen LogP contribution in [0.2, 0.25) is 0 Å². The zero-order valence-electron chi connectivity index (χ0n) is 14.4. The first-order valence-corrected chi connectivity index (χ1v) is 10.9. The van der Waals surface area contributed by atoms with Gasteiger partial charge in [0.15, 0.2) is 5.78 Å². The zero-order chi connectivity index (χ0) is 19.0. The predicted molar refractivity (Wildman–Crippen MR) is 115 cm³/mol. The molecule has 136 valence electrons. The third-order valence-corrected chi connectivity index (χ3v) is 7.00. The largest absolute Gasteiger partial charge is 0.291 e. The van der Waals surface area contributed by atoms with Crippen molar-refractivity contribution in [2.24, 2.45) is 0 Å². The minimum Gasteiger partial charge on any atom is -0.291 e. The fraction of sp³-hybridized carbons (Fsp3) is 0.150. The van der Waals surface area contributed by atoms with E-state index in [1.165, 1.54) is 22.2 Å². The van der Waals surface area contributed by atoms with E-state index >= 15 is 0 Å². The number of nitrogens with zero attached hydrogens (tertiary/aromatic N) is 2. The Kier molecular flexibility index (Phi) is 5.08. The lowest BCUT2D eigenvalue weighted by Crippen LogP contribution is -2.24. The molecule has 3 aromatic heterocycles. The lowest BCUT2D eigenvalue weighted by molar-refractivity contribution is 0.0974. The second-order valence-electron chi connectivity index (χ2n) is 6.02. The Morgan fingerprint density at radius 1 is 1.22 bits per heavy atom. The van der Waals surface area contributed by atoms with Gasteiger partial charge in [-0.1, -0.05) is 41.1 Å². The first-order valence-electron chi connectivity index (χ1n) is 8.42. The summed E-state index contributed by atoms with van der Waals surface area (Å²) in [4.78, 5) is 32.6. The van der Waals surface area contributed by atoms with E-state index in [9.17, 15) is 9.59 Å². The molecule has 1 aromatic carbocycles. The molecule has 0 spiro atoms. The number of carbonyl (C=O) groups is 1. The molecule has 0 saturated heterocycles. The van der Waals surface area contributed by atoms with E-state index in [-0.39, 0.29) is 17.9 Å². The lowest BCUT2D eigenvalue weighted by Gasteiger charge is -2.06. The predicted octanol–water partition coefficient (Wildman–Crippen LogP) is 5.39. The quantitative estimate of drug-likeness (QED) is 0.376. The molecule has 0 radical (unpaired) electrons. The Morgan fingerprint density at radius 3 is 2.67 bits per heavy atom. The van der Waals surface area contributed by atoms with Gasteiger partial charge in [0.1, 0.15) is 4.83 Å². The summed E-state index contributed by atoms with van der Waals surface area (Å²) in [6, 6.07) is 11.5. The van der Waals surface area contributed by atoms with Gasteiger partial charge in [-0.25, -0.2) is 4.98 Å². The second-order valence-corrected chi connectivity index (χ2v) is 8.97. The van der Waals surface area contributed by atoms with Crippen molar-refractivity contribution in [2.75, 3.05) is 0 Å². The molecule has 0 atom stereocenters. The van der Waals surface area contributed by atoms with Crippen LogP contribution in [0.1, 0.15) is 21.5 Å². The molecule has 0 bridgehead atoms. The molecule has 0 aliphatic heterocycles. The summed E-state index contributed by atoms with van der Waals surface area (Å²) < 4.78 is 2.40. The number of hydrogen-bond acceptors (Lipinski definition) is 5. The molecule has 7 heteroatoms. The van der Waals surface area contributed by atoms with E-state index < -0.39 is 0 Å². The SMILES string of the molecule is CCc1sc2ncn(CC(=O)c3cccs3)c(=O)c2c1-c1ccc(Br)cc1. The van der Waals surface area contributed by atoms with Gasteiger partial charge in [0.05, 0.1) is 23.1 Å². The highest BCUT2D eigenvalue weighted by Crippen LogP contribution is 2.36. The topological polar surface area (TPSA) is 52.0 Å². The van der Waals surface area contributed by atoms with Crippen LogP contribution in [0, 0.1) is 0 Å². The highest BCUT2D eigenvalue weighted by molar-refractivity contribution is 9.10. The van der Waals surface area contributed by atoms with Crippen molar-refractivity contribution < 1.29 is 4.79 Å². The summed E-state index contributed by atoms with van der Waals surface area (Å²) in [7, 11) is 0. The molecule has 4 rings (SSSR count). The van der Waals surface area contributed by atoms with Gasteiger partial charge < -0.3 is 0 Å². The van der Waals surface area contributed by atoms with Crippen LogP contribution in [0.4, 0.5) is 0 Å². The number of halogens is 1. The molecule has 0 N–H and O–H groups in total. The number of benzene rings is 1. The van der Waals surface area contributed by atoms with Crippen LogP contribution in [0.15, 0.2) is 57.4 Å². The van der Waals surface area contributed by atoms with Gasteiger partial charge in [-0.05, 0) is 35.6 Å². The van der Waals surface area contributed by atoms with Gasteiger partial charge in [0.2, 0.25) is 0 Å². The van der Waals surface area contributed by atoms with Crippen LogP contribution in [-0.4, -0.2) is 15.3 Å². The van der Waals surface area contributed by atoms with Gasteiger partial charge in [0, 0.05) is 14.9 Å². The Labute approximate surface area is 172 Å². The van der Waals surface area contributed by atoms with Crippen molar-refractivity contribution in [3.8, 4) is 11.1 Å². The van der Waals surface area contributed by atoms with Gasteiger partial charge >= 0.3 is 0 Å². The molecule has 3 heterocycles. The first kappa shape index (κ1) is 18.3. The molecule has 4 nitrogen and oxygen atoms in total. The van der Waals surface area contributed by atoms with Gasteiger partial charge in [-0.2, -0.15) is 0 Å². The summed E-state index contributed by atoms with van der Waals surface area (Å²) >= 11 is 6.38. The maximum atomic E-state index is 13.2. The number of ketones is 1. The van der Waals surface area contributed by atoms with Crippen molar-refractivity contribution >= 4 is 54.6 Å². The Hall–Kier alpha value is -2.09. The van der Waals surface area contributed by atoms with Crippen molar-refractivity contribution in [1.82, 2.24) is 9.55 Å². The summed E-state index contributed by atoms with van der Waals surface area (Å²) in [6.07, 6.45) is 2.30. The molecule has 0 aliphatic rings. The molecule has 0 saturated carbocycles. The van der Waals surface area contributed by atoms with Crippen LogP contribution < -0.4 is 5.56 Å². The maximum absolute atomic E-state index is 13.2. The minimum absolute atomic E-state index is 0.000625. The number of carbonyl (C=O) groups excluding carboxylic acids is 1. The Morgan fingerprint density at radius 2 is 2.00 bits per heavy atom. The second kappa shape index (κ2) is 7.50. The zero-order valence-corrected chi connectivity index (χ0v) is 17.7. The molecule has 4 aromatic rings. The summed E-state index contributed by atoms with van der Waals surface area (Å²) in [5, 5.41) is 2.45. The fourth-order valence-electron chi connectivity index (χ4n) is 3.03. The van der Waals surface area contributed by atoms with E-state index in [0.29, 0.717) is 10.3 Å². The van der Waals surface area contributed by atoms with Crippen molar-refractivity contribution in [2.45, 2.75) is 19.9 Å². The van der Waals surface area contributed by atoms with E-state index in [0.717, 1.165) is 31.7 Å². The van der Waals surface area contributed by atoms with Crippen molar-refractivity contribution in [3.05, 3.63) is 72.7 Å². The van der Waals surface area contributed by atoms with Crippen LogP contribution in [0.3, 0.4) is 0 Å². The minimum atomic E-state index is -0.168. The molecule has 0 aliphatic carbocycles. The average Bonchev–Trinajstić information content (AvgIpc) is 3.32. The smallest absolute Gasteiger partial charge is 0.263 e. The molecule has 0 amide bonds. The molecule has 0 fully saturated rings. The van der Waals surface area contributed by atoms with Crippen LogP contribution in [0.25, 0.3) is 21.3 Å². The molecule has 0 unspecified atom stereocenters. The molecular weight excluding hydrogens is 444 g/mol. The van der Waals surface area contributed by atoms with E-state index in [1.807, 2.05) is 35.7 Å². The first-order chi connectivity index (χ1) is 13.1. The fourth-order valence-corrected chi connectivity index (χ4v) is 5.04. The van der Waals surface area contributed by atoms with Crippen molar-refractivity contribution in [3.63, 3.8) is 0 Å². The Balaban J connectivity index is 1.86. The van der Waals surface area contributed by atoms with Crippen molar-refractivity contribution in [1.29, 1.82) is 0 Å². The van der Waals surface area contributed by atoms with E-state index in [1.54, 1.807) is 17.4 Å². The van der Waals surface area contributed by atoms with Crippen LogP contribution in [0.5, 0.6) is 0 Å². The average molecular weight is 459 g/mol. The third kappa shape index (κ3) is 3.42. The number of rotatable bonds is 5. The normalized spacial score (nSPS) is 11.2. The van der Waals surface area contributed by atoms with Gasteiger partial charge in [-0.3, -0.25) is 14.2 Å². The number of thiophene rings is 2.